The van der Waals surface area contributed by atoms with Crippen LogP contribution in [0, 0.1) is 6.92 Å². The van der Waals surface area contributed by atoms with Crippen LogP contribution in [0.4, 0.5) is 13.2 Å². The summed E-state index contributed by atoms with van der Waals surface area (Å²) in [5, 5.41) is 2.78. The number of benzene rings is 1. The van der Waals surface area contributed by atoms with Crippen LogP contribution in [0.2, 0.25) is 0 Å². The highest BCUT2D eigenvalue weighted by Gasteiger charge is 2.35. The number of hydrogen-bond acceptors (Lipinski definition) is 2. The number of alkyl halides is 3. The molecule has 0 radical (unpaired) electrons. The van der Waals surface area contributed by atoms with Crippen molar-refractivity contribution in [2.75, 3.05) is 0 Å². The van der Waals surface area contributed by atoms with Crippen molar-refractivity contribution < 1.29 is 18.0 Å². The minimum atomic E-state index is -4.56. The van der Waals surface area contributed by atoms with Crippen LogP contribution in [0.1, 0.15) is 36.1 Å². The predicted molar refractivity (Wildman–Crippen MR) is 84.2 cm³/mol. The summed E-state index contributed by atoms with van der Waals surface area (Å²) >= 11 is 0. The van der Waals surface area contributed by atoms with Gasteiger partial charge in [0.25, 0.3) is 0 Å². The average molecular weight is 337 g/mol. The lowest BCUT2D eigenvalue weighted by Crippen LogP contribution is -2.33. The number of imidazole rings is 1. The van der Waals surface area contributed by atoms with Gasteiger partial charge >= 0.3 is 6.18 Å². The quantitative estimate of drug-likeness (QED) is 0.843. The van der Waals surface area contributed by atoms with Gasteiger partial charge in [-0.15, -0.1) is 6.58 Å². The van der Waals surface area contributed by atoms with E-state index in [0.717, 1.165) is 11.8 Å². The van der Waals surface area contributed by atoms with Gasteiger partial charge in [-0.25, -0.2) is 4.98 Å². The van der Waals surface area contributed by atoms with Gasteiger partial charge in [-0.3, -0.25) is 4.79 Å². The molecule has 0 bridgehead atoms. The molecule has 2 rings (SSSR count). The number of rotatable bonds is 5. The Hall–Kier alpha value is -2.57. The van der Waals surface area contributed by atoms with E-state index in [4.69, 9.17) is 0 Å². The van der Waals surface area contributed by atoms with Gasteiger partial charge in [0.15, 0.2) is 5.69 Å². The number of aryl methyl sites for hydroxylation is 1. The zero-order valence-electron chi connectivity index (χ0n) is 13.3. The van der Waals surface area contributed by atoms with Crippen molar-refractivity contribution in [1.29, 1.82) is 0 Å². The summed E-state index contributed by atoms with van der Waals surface area (Å²) in [7, 11) is 0. The Morgan fingerprint density at radius 3 is 2.46 bits per heavy atom. The highest BCUT2D eigenvalue weighted by atomic mass is 19.4. The fourth-order valence-electron chi connectivity index (χ4n) is 2.37. The molecule has 0 spiro atoms. The van der Waals surface area contributed by atoms with Crippen LogP contribution >= 0.6 is 0 Å². The molecule has 2 aromatic rings. The zero-order valence-corrected chi connectivity index (χ0v) is 13.3. The number of nitrogens with zero attached hydrogens (tertiary/aromatic N) is 2. The molecule has 0 aliphatic carbocycles. The fourth-order valence-corrected chi connectivity index (χ4v) is 2.37. The molecule has 24 heavy (non-hydrogen) atoms. The van der Waals surface area contributed by atoms with Crippen molar-refractivity contribution in [3.63, 3.8) is 0 Å². The Balaban J connectivity index is 2.21. The normalized spacial score (nSPS) is 14.0. The summed E-state index contributed by atoms with van der Waals surface area (Å²) in [6, 6.07) is 8.01. The van der Waals surface area contributed by atoms with Gasteiger partial charge in [0.1, 0.15) is 11.9 Å². The summed E-state index contributed by atoms with van der Waals surface area (Å²) in [5.74, 6) is -0.356. The van der Waals surface area contributed by atoms with Crippen molar-refractivity contribution in [2.24, 2.45) is 0 Å². The molecule has 7 heteroatoms. The highest BCUT2D eigenvalue weighted by Crippen LogP contribution is 2.29. The first-order valence-corrected chi connectivity index (χ1v) is 7.34. The van der Waals surface area contributed by atoms with E-state index < -0.39 is 23.8 Å². The lowest BCUT2D eigenvalue weighted by atomic mass is 10.1. The van der Waals surface area contributed by atoms with E-state index in [2.05, 4.69) is 16.9 Å². The predicted octanol–water partition coefficient (Wildman–Crippen LogP) is 3.81. The Labute approximate surface area is 138 Å². The molecular formula is C17H18F3N3O. The number of halogens is 3. The average Bonchev–Trinajstić information content (AvgIpc) is 2.91. The van der Waals surface area contributed by atoms with Crippen LogP contribution in [0.5, 0.6) is 0 Å². The van der Waals surface area contributed by atoms with Gasteiger partial charge < -0.3 is 9.88 Å². The van der Waals surface area contributed by atoms with Crippen molar-refractivity contribution in [2.45, 2.75) is 32.1 Å². The molecule has 4 nitrogen and oxygen atoms in total. The summed E-state index contributed by atoms with van der Waals surface area (Å²) in [6.07, 6.45) is -2.44. The maximum Gasteiger partial charge on any atom is 0.434 e. The Morgan fingerprint density at radius 1 is 1.33 bits per heavy atom. The maximum absolute atomic E-state index is 12.8. The Kier molecular flexibility index (Phi) is 5.11. The van der Waals surface area contributed by atoms with Crippen LogP contribution in [0.3, 0.4) is 0 Å². The molecule has 1 heterocycles. The molecule has 0 saturated heterocycles. The van der Waals surface area contributed by atoms with E-state index in [1.165, 1.54) is 17.6 Å². The topological polar surface area (TPSA) is 46.9 Å². The molecule has 1 aromatic heterocycles. The second-order valence-electron chi connectivity index (χ2n) is 5.40. The number of nitrogens with one attached hydrogen (secondary N) is 1. The molecular weight excluding hydrogens is 319 g/mol. The summed E-state index contributed by atoms with van der Waals surface area (Å²) in [6.45, 7) is 6.78. The van der Waals surface area contributed by atoms with Crippen molar-refractivity contribution in [3.8, 4) is 0 Å². The molecule has 0 unspecified atom stereocenters. The molecule has 0 aliphatic heterocycles. The smallest absolute Gasteiger partial charge is 0.347 e. The SMILES string of the molecule is C=C[C@@H](C(=O)N[C@H](C)c1ccccc1)n1cc(C(F)(F)F)nc1C. The lowest BCUT2D eigenvalue weighted by Gasteiger charge is -2.20. The second kappa shape index (κ2) is 6.90. The molecule has 1 amide bonds. The first kappa shape index (κ1) is 17.8. The first-order valence-electron chi connectivity index (χ1n) is 7.34. The Morgan fingerprint density at radius 2 is 1.96 bits per heavy atom. The van der Waals surface area contributed by atoms with E-state index in [1.807, 2.05) is 30.3 Å². The third-order valence-corrected chi connectivity index (χ3v) is 3.66. The molecule has 1 N–H and O–H groups in total. The molecule has 2 atom stereocenters. The fraction of sp³-hybridized carbons (Fsp3) is 0.294. The van der Waals surface area contributed by atoms with Gasteiger partial charge in [0, 0.05) is 6.20 Å². The number of carbonyl (C=O) groups is 1. The number of carbonyl (C=O) groups excluding carboxylic acids is 1. The van der Waals surface area contributed by atoms with Crippen LogP contribution in [0.25, 0.3) is 0 Å². The maximum atomic E-state index is 12.8. The van der Waals surface area contributed by atoms with E-state index in [9.17, 15) is 18.0 Å². The van der Waals surface area contributed by atoms with Crippen molar-refractivity contribution >= 4 is 5.91 Å². The standard InChI is InChI=1S/C17H18F3N3O/c1-4-14(23-10-15(17(18,19)20)22-12(23)3)16(24)21-11(2)13-8-6-5-7-9-13/h4-11,14H,1H2,2-3H3,(H,21,24)/t11-,14+/m1/s1. The molecule has 0 aliphatic rings. The van der Waals surface area contributed by atoms with Crippen LogP contribution in [-0.2, 0) is 11.0 Å². The van der Waals surface area contributed by atoms with E-state index in [0.29, 0.717) is 0 Å². The van der Waals surface area contributed by atoms with Crippen molar-refractivity contribution in [1.82, 2.24) is 14.9 Å². The molecule has 1 aromatic carbocycles. The number of hydrogen-bond donors (Lipinski definition) is 1. The van der Waals surface area contributed by atoms with Gasteiger partial charge in [-0.1, -0.05) is 36.4 Å². The van der Waals surface area contributed by atoms with E-state index in [1.54, 1.807) is 6.92 Å². The van der Waals surface area contributed by atoms with Crippen LogP contribution in [-0.4, -0.2) is 15.5 Å². The van der Waals surface area contributed by atoms with Gasteiger partial charge in [0.05, 0.1) is 6.04 Å². The Bertz CT molecular complexity index is 722. The minimum absolute atomic E-state index is 0.0924. The molecule has 128 valence electrons. The minimum Gasteiger partial charge on any atom is -0.347 e. The molecule has 0 saturated carbocycles. The monoisotopic (exact) mass is 337 g/mol. The summed E-state index contributed by atoms with van der Waals surface area (Å²) in [5.41, 5.74) is -0.136. The third-order valence-electron chi connectivity index (χ3n) is 3.66. The lowest BCUT2D eigenvalue weighted by molar-refractivity contribution is -0.141. The second-order valence-corrected chi connectivity index (χ2v) is 5.40. The van der Waals surface area contributed by atoms with Gasteiger partial charge in [-0.2, -0.15) is 13.2 Å². The largest absolute Gasteiger partial charge is 0.434 e. The van der Waals surface area contributed by atoms with Crippen LogP contribution < -0.4 is 5.32 Å². The first-order chi connectivity index (χ1) is 11.2. The highest BCUT2D eigenvalue weighted by molar-refractivity contribution is 5.82. The number of aromatic nitrogens is 2. The van der Waals surface area contributed by atoms with Gasteiger partial charge in [-0.05, 0) is 19.4 Å². The number of amides is 1. The van der Waals surface area contributed by atoms with E-state index >= 15 is 0 Å². The van der Waals surface area contributed by atoms with Crippen LogP contribution in [0.15, 0.2) is 49.2 Å². The molecule has 0 fully saturated rings. The van der Waals surface area contributed by atoms with Crippen molar-refractivity contribution in [3.05, 3.63) is 66.3 Å². The summed E-state index contributed by atoms with van der Waals surface area (Å²) < 4.78 is 39.5. The zero-order chi connectivity index (χ0) is 17.9. The summed E-state index contributed by atoms with van der Waals surface area (Å²) in [4.78, 5) is 15.9. The third kappa shape index (κ3) is 3.84. The van der Waals surface area contributed by atoms with Gasteiger partial charge in [0.2, 0.25) is 5.91 Å². The van der Waals surface area contributed by atoms with E-state index in [-0.39, 0.29) is 11.9 Å².